The highest BCUT2D eigenvalue weighted by atomic mass is 35.5. The van der Waals surface area contributed by atoms with Crippen molar-refractivity contribution in [2.24, 2.45) is 0 Å². The van der Waals surface area contributed by atoms with Gasteiger partial charge in [-0.25, -0.2) is 0 Å². The number of aryl methyl sites for hydroxylation is 2. The average Bonchev–Trinajstić information content (AvgIpc) is 2.74. The molecule has 0 saturated carbocycles. The molecule has 2 aromatic rings. The van der Waals surface area contributed by atoms with Crippen LogP contribution in [0.2, 0.25) is 5.02 Å². The number of nitrogens with one attached hydrogen (secondary N) is 2. The molecule has 2 rings (SSSR count). The van der Waals surface area contributed by atoms with Gasteiger partial charge in [-0.3, -0.25) is 14.4 Å². The smallest absolute Gasteiger partial charge is 0.306 e. The lowest BCUT2D eigenvalue weighted by molar-refractivity contribution is -0.147. The van der Waals surface area contributed by atoms with Crippen LogP contribution in [0.4, 0.5) is 11.4 Å². The van der Waals surface area contributed by atoms with Gasteiger partial charge in [0.25, 0.3) is 5.91 Å². The molecule has 0 aliphatic carbocycles. The predicted octanol–water partition coefficient (Wildman–Crippen LogP) is 4.76. The maximum absolute atomic E-state index is 12.2. The molecule has 0 spiro atoms. The normalized spacial score (nSPS) is 10.4. The molecule has 0 fully saturated rings. The Labute approximate surface area is 182 Å². The van der Waals surface area contributed by atoms with Gasteiger partial charge in [0.05, 0.1) is 10.7 Å². The molecule has 30 heavy (non-hydrogen) atoms. The zero-order chi connectivity index (χ0) is 21.9. The van der Waals surface area contributed by atoms with E-state index in [0.717, 1.165) is 29.7 Å². The lowest BCUT2D eigenvalue weighted by Gasteiger charge is -2.14. The molecule has 6 nitrogen and oxygen atoms in total. The van der Waals surface area contributed by atoms with Gasteiger partial charge in [0.1, 0.15) is 0 Å². The molecule has 0 heterocycles. The summed E-state index contributed by atoms with van der Waals surface area (Å²) in [4.78, 5) is 36.0. The van der Waals surface area contributed by atoms with E-state index >= 15 is 0 Å². The summed E-state index contributed by atoms with van der Waals surface area (Å²) in [7, 11) is 0. The molecule has 0 aromatic heterocycles. The van der Waals surface area contributed by atoms with E-state index in [9.17, 15) is 14.4 Å². The van der Waals surface area contributed by atoms with Gasteiger partial charge in [-0.15, -0.1) is 0 Å². The minimum atomic E-state index is -0.518. The summed E-state index contributed by atoms with van der Waals surface area (Å²) in [5, 5.41) is 6.00. The van der Waals surface area contributed by atoms with Crippen LogP contribution < -0.4 is 10.6 Å². The van der Waals surface area contributed by atoms with Crippen molar-refractivity contribution in [1.82, 2.24) is 0 Å². The molecule has 2 amide bonds. The minimum Gasteiger partial charge on any atom is -0.456 e. The van der Waals surface area contributed by atoms with Crippen molar-refractivity contribution in [2.45, 2.75) is 46.0 Å². The molecule has 0 bridgehead atoms. The molecule has 7 heteroatoms. The van der Waals surface area contributed by atoms with Crippen molar-refractivity contribution >= 4 is 40.8 Å². The number of ether oxygens (including phenoxy) is 1. The van der Waals surface area contributed by atoms with E-state index < -0.39 is 5.97 Å². The fourth-order valence-corrected chi connectivity index (χ4v) is 3.15. The Hall–Kier alpha value is -2.86. The number of para-hydroxylation sites is 2. The minimum absolute atomic E-state index is 0.0506. The zero-order valence-electron chi connectivity index (χ0n) is 17.3. The van der Waals surface area contributed by atoms with Gasteiger partial charge in [0.15, 0.2) is 6.61 Å². The first kappa shape index (κ1) is 23.4. The van der Waals surface area contributed by atoms with Gasteiger partial charge in [0.2, 0.25) is 5.91 Å². The van der Waals surface area contributed by atoms with Crippen LogP contribution in [0.25, 0.3) is 0 Å². The van der Waals surface area contributed by atoms with Crippen LogP contribution in [0, 0.1) is 0 Å². The van der Waals surface area contributed by atoms with Crippen molar-refractivity contribution in [1.29, 1.82) is 0 Å². The Balaban J connectivity index is 1.73. The van der Waals surface area contributed by atoms with E-state index in [2.05, 4.69) is 10.6 Å². The number of amides is 2. The number of benzene rings is 2. The van der Waals surface area contributed by atoms with Gasteiger partial charge < -0.3 is 15.4 Å². The van der Waals surface area contributed by atoms with Crippen molar-refractivity contribution in [2.75, 3.05) is 17.2 Å². The van der Waals surface area contributed by atoms with E-state index in [-0.39, 0.29) is 31.3 Å². The second kappa shape index (κ2) is 12.0. The van der Waals surface area contributed by atoms with E-state index in [4.69, 9.17) is 16.3 Å². The molecule has 0 atom stereocenters. The molecular formula is C23H27ClN2O4. The monoisotopic (exact) mass is 430 g/mol. The third kappa shape index (κ3) is 7.19. The van der Waals surface area contributed by atoms with Crippen molar-refractivity contribution in [3.63, 3.8) is 0 Å². The Kier molecular flexibility index (Phi) is 9.35. The lowest BCUT2D eigenvalue weighted by atomic mass is 10.0. The summed E-state index contributed by atoms with van der Waals surface area (Å²) in [6.45, 7) is 3.69. The van der Waals surface area contributed by atoms with Gasteiger partial charge in [-0.2, -0.15) is 0 Å². The quantitative estimate of drug-likeness (QED) is 0.532. The second-order valence-corrected chi connectivity index (χ2v) is 7.16. The summed E-state index contributed by atoms with van der Waals surface area (Å²) in [6.07, 6.45) is 2.10. The van der Waals surface area contributed by atoms with E-state index in [1.165, 1.54) is 0 Å². The van der Waals surface area contributed by atoms with Gasteiger partial charge >= 0.3 is 5.97 Å². The number of carbonyl (C=O) groups excluding carboxylic acids is 3. The van der Waals surface area contributed by atoms with Crippen LogP contribution in [-0.4, -0.2) is 24.4 Å². The summed E-state index contributed by atoms with van der Waals surface area (Å²) < 4.78 is 5.04. The first-order valence-electron chi connectivity index (χ1n) is 10.0. The van der Waals surface area contributed by atoms with Crippen molar-refractivity contribution in [3.8, 4) is 0 Å². The van der Waals surface area contributed by atoms with Crippen LogP contribution >= 0.6 is 11.6 Å². The molecule has 0 aliphatic heterocycles. The van der Waals surface area contributed by atoms with E-state index in [0.29, 0.717) is 17.1 Å². The third-order valence-corrected chi connectivity index (χ3v) is 4.89. The maximum Gasteiger partial charge on any atom is 0.306 e. The van der Waals surface area contributed by atoms with Gasteiger partial charge in [-0.1, -0.05) is 55.8 Å². The Morgan fingerprint density at radius 1 is 0.867 bits per heavy atom. The number of carbonyl (C=O) groups is 3. The average molecular weight is 431 g/mol. The number of rotatable bonds is 10. The largest absolute Gasteiger partial charge is 0.456 e. The number of hydrogen-bond donors (Lipinski definition) is 2. The second-order valence-electron chi connectivity index (χ2n) is 6.75. The number of hydrogen-bond acceptors (Lipinski definition) is 4. The van der Waals surface area contributed by atoms with Crippen LogP contribution in [0.1, 0.15) is 44.2 Å². The fraction of sp³-hybridized carbons (Fsp3) is 0.348. The summed E-state index contributed by atoms with van der Waals surface area (Å²) in [6, 6.07) is 12.8. The first-order valence-corrected chi connectivity index (χ1v) is 10.4. The van der Waals surface area contributed by atoms with Crippen LogP contribution in [0.15, 0.2) is 42.5 Å². The summed E-state index contributed by atoms with van der Waals surface area (Å²) >= 11 is 5.99. The Morgan fingerprint density at radius 2 is 1.53 bits per heavy atom. The van der Waals surface area contributed by atoms with Crippen molar-refractivity contribution in [3.05, 3.63) is 58.6 Å². The molecule has 0 aliphatic rings. The van der Waals surface area contributed by atoms with Crippen molar-refractivity contribution < 1.29 is 19.1 Å². The number of esters is 1. The first-order chi connectivity index (χ1) is 14.4. The topological polar surface area (TPSA) is 84.5 Å². The number of halogens is 1. The molecule has 2 aromatic carbocycles. The van der Waals surface area contributed by atoms with E-state index in [1.54, 1.807) is 24.3 Å². The molecule has 2 N–H and O–H groups in total. The molecule has 0 radical (unpaired) electrons. The van der Waals surface area contributed by atoms with Crippen LogP contribution in [-0.2, 0) is 32.0 Å². The summed E-state index contributed by atoms with van der Waals surface area (Å²) in [5.74, 6) is -1.14. The van der Waals surface area contributed by atoms with Crippen LogP contribution in [0.5, 0.6) is 0 Å². The highest BCUT2D eigenvalue weighted by molar-refractivity contribution is 6.33. The van der Waals surface area contributed by atoms with E-state index in [1.807, 2.05) is 32.0 Å². The fourth-order valence-electron chi connectivity index (χ4n) is 2.97. The Morgan fingerprint density at radius 3 is 2.17 bits per heavy atom. The molecule has 0 saturated heterocycles. The number of anilines is 2. The maximum atomic E-state index is 12.2. The summed E-state index contributed by atoms with van der Waals surface area (Å²) in [5.41, 5.74) is 3.40. The zero-order valence-corrected chi connectivity index (χ0v) is 18.1. The lowest BCUT2D eigenvalue weighted by Crippen LogP contribution is -2.22. The molecule has 0 unspecified atom stereocenters. The van der Waals surface area contributed by atoms with Crippen LogP contribution in [0.3, 0.4) is 0 Å². The van der Waals surface area contributed by atoms with Gasteiger partial charge in [0, 0.05) is 18.5 Å². The Bertz CT molecular complexity index is 876. The molecular weight excluding hydrogens is 404 g/mol. The van der Waals surface area contributed by atoms with Gasteiger partial charge in [-0.05, 0) is 42.5 Å². The highest BCUT2D eigenvalue weighted by Crippen LogP contribution is 2.23. The molecule has 160 valence electrons. The highest BCUT2D eigenvalue weighted by Gasteiger charge is 2.13. The SMILES string of the molecule is CCc1cccc(CC)c1NC(=O)COC(=O)CCCC(=O)Nc1ccccc1Cl. The standard InChI is InChI=1S/C23H27ClN2O4/c1-3-16-9-7-10-17(4-2)23(16)26-21(28)15-30-22(29)14-8-13-20(27)25-19-12-6-5-11-18(19)24/h5-7,9-12H,3-4,8,13-15H2,1-2H3,(H,25,27)(H,26,28). The third-order valence-electron chi connectivity index (χ3n) is 4.56. The predicted molar refractivity (Wildman–Crippen MR) is 119 cm³/mol.